The summed E-state index contributed by atoms with van der Waals surface area (Å²) in [6.07, 6.45) is 1.31. The molecule has 0 radical (unpaired) electrons. The standard InChI is InChI=1S/C16H29N3O/c1-12(2)13-6-7-19(10-13)11-15-8-14(18-20-15)9-17-16(3,4)5/h8,12-13,17H,6-7,9-11H2,1-5H3. The molecule has 4 nitrogen and oxygen atoms in total. The molecule has 2 rings (SSSR count). The van der Waals surface area contributed by atoms with E-state index in [9.17, 15) is 0 Å². The first-order valence-corrected chi connectivity index (χ1v) is 7.75. The van der Waals surface area contributed by atoms with Crippen LogP contribution in [0.15, 0.2) is 10.6 Å². The van der Waals surface area contributed by atoms with E-state index in [1.807, 2.05) is 0 Å². The summed E-state index contributed by atoms with van der Waals surface area (Å²) >= 11 is 0. The first-order chi connectivity index (χ1) is 9.33. The van der Waals surface area contributed by atoms with Gasteiger partial charge in [-0.15, -0.1) is 0 Å². The molecule has 1 aliphatic rings. The Morgan fingerprint density at radius 1 is 1.45 bits per heavy atom. The molecule has 0 aromatic carbocycles. The van der Waals surface area contributed by atoms with Crippen LogP contribution in [-0.2, 0) is 13.1 Å². The van der Waals surface area contributed by atoms with Gasteiger partial charge in [-0.1, -0.05) is 19.0 Å². The van der Waals surface area contributed by atoms with Crippen molar-refractivity contribution in [2.24, 2.45) is 11.8 Å². The van der Waals surface area contributed by atoms with Gasteiger partial charge in [0.2, 0.25) is 0 Å². The molecule has 1 aliphatic heterocycles. The normalized spacial score (nSPS) is 21.0. The van der Waals surface area contributed by atoms with Crippen LogP contribution in [0.3, 0.4) is 0 Å². The van der Waals surface area contributed by atoms with E-state index in [0.717, 1.165) is 36.4 Å². The van der Waals surface area contributed by atoms with Crippen LogP contribution in [0.2, 0.25) is 0 Å². The topological polar surface area (TPSA) is 41.3 Å². The molecule has 0 aliphatic carbocycles. The zero-order valence-corrected chi connectivity index (χ0v) is 13.6. The lowest BCUT2D eigenvalue weighted by molar-refractivity contribution is 0.255. The van der Waals surface area contributed by atoms with Crippen molar-refractivity contribution < 1.29 is 4.52 Å². The summed E-state index contributed by atoms with van der Waals surface area (Å²) in [6, 6.07) is 2.08. The Kier molecular flexibility index (Phi) is 4.86. The van der Waals surface area contributed by atoms with Crippen LogP contribution in [0.5, 0.6) is 0 Å². The Morgan fingerprint density at radius 3 is 2.80 bits per heavy atom. The number of nitrogens with one attached hydrogen (secondary N) is 1. The minimum atomic E-state index is 0.110. The van der Waals surface area contributed by atoms with Gasteiger partial charge in [0.25, 0.3) is 0 Å². The summed E-state index contributed by atoms with van der Waals surface area (Å²) in [5.41, 5.74) is 1.10. The summed E-state index contributed by atoms with van der Waals surface area (Å²) in [5, 5.41) is 7.58. The van der Waals surface area contributed by atoms with Crippen molar-refractivity contribution in [3.63, 3.8) is 0 Å². The van der Waals surface area contributed by atoms with E-state index in [0.29, 0.717) is 0 Å². The molecule has 0 saturated carbocycles. The summed E-state index contributed by atoms with van der Waals surface area (Å²) in [6.45, 7) is 15.1. The predicted molar refractivity (Wildman–Crippen MR) is 81.3 cm³/mol. The molecule has 1 aromatic heterocycles. The smallest absolute Gasteiger partial charge is 0.151 e. The van der Waals surface area contributed by atoms with Crippen LogP contribution in [-0.4, -0.2) is 28.7 Å². The van der Waals surface area contributed by atoms with Crippen LogP contribution >= 0.6 is 0 Å². The van der Waals surface area contributed by atoms with E-state index in [1.54, 1.807) is 0 Å². The van der Waals surface area contributed by atoms with Crippen molar-refractivity contribution in [3.8, 4) is 0 Å². The van der Waals surface area contributed by atoms with Gasteiger partial charge in [-0.05, 0) is 45.6 Å². The molecular formula is C16H29N3O. The second kappa shape index (κ2) is 6.27. The van der Waals surface area contributed by atoms with Gasteiger partial charge in [-0.3, -0.25) is 4.90 Å². The van der Waals surface area contributed by atoms with Crippen molar-refractivity contribution in [2.45, 2.75) is 59.7 Å². The molecular weight excluding hydrogens is 250 g/mol. The monoisotopic (exact) mass is 279 g/mol. The van der Waals surface area contributed by atoms with Gasteiger partial charge in [0.15, 0.2) is 5.76 Å². The second-order valence-electron chi connectivity index (χ2n) is 7.42. The molecule has 1 fully saturated rings. The van der Waals surface area contributed by atoms with Gasteiger partial charge in [0.05, 0.1) is 12.2 Å². The van der Waals surface area contributed by atoms with Crippen molar-refractivity contribution >= 4 is 0 Å². The molecule has 20 heavy (non-hydrogen) atoms. The van der Waals surface area contributed by atoms with E-state index in [1.165, 1.54) is 19.5 Å². The van der Waals surface area contributed by atoms with Gasteiger partial charge >= 0.3 is 0 Å². The van der Waals surface area contributed by atoms with Crippen LogP contribution in [0.25, 0.3) is 0 Å². The Morgan fingerprint density at radius 2 is 2.20 bits per heavy atom. The van der Waals surface area contributed by atoms with Gasteiger partial charge in [0, 0.05) is 24.7 Å². The molecule has 4 heteroatoms. The van der Waals surface area contributed by atoms with Gasteiger partial charge in [0.1, 0.15) is 0 Å². The molecule has 2 heterocycles. The van der Waals surface area contributed by atoms with Crippen molar-refractivity contribution in [1.29, 1.82) is 0 Å². The Hall–Kier alpha value is -0.870. The highest BCUT2D eigenvalue weighted by atomic mass is 16.5. The Bertz CT molecular complexity index is 420. The summed E-state index contributed by atoms with van der Waals surface area (Å²) in [5.74, 6) is 2.60. The minimum Gasteiger partial charge on any atom is -0.360 e. The van der Waals surface area contributed by atoms with E-state index in [2.05, 4.69) is 56.1 Å². The van der Waals surface area contributed by atoms with Gasteiger partial charge < -0.3 is 9.84 Å². The average Bonchev–Trinajstić information content (AvgIpc) is 2.95. The van der Waals surface area contributed by atoms with E-state index in [-0.39, 0.29) is 5.54 Å². The van der Waals surface area contributed by atoms with Crippen molar-refractivity contribution in [3.05, 3.63) is 17.5 Å². The quantitative estimate of drug-likeness (QED) is 0.899. The predicted octanol–water partition coefficient (Wildman–Crippen LogP) is 3.04. The molecule has 114 valence electrons. The van der Waals surface area contributed by atoms with Crippen LogP contribution in [0.4, 0.5) is 0 Å². The second-order valence-corrected chi connectivity index (χ2v) is 7.42. The first kappa shape index (κ1) is 15.5. The van der Waals surface area contributed by atoms with Gasteiger partial charge in [-0.2, -0.15) is 0 Å². The maximum atomic E-state index is 5.46. The fourth-order valence-corrected chi connectivity index (χ4v) is 2.64. The van der Waals surface area contributed by atoms with Crippen LogP contribution in [0.1, 0.15) is 52.5 Å². The molecule has 1 aromatic rings. The molecule has 1 unspecified atom stereocenters. The lowest BCUT2D eigenvalue weighted by Gasteiger charge is -2.19. The largest absolute Gasteiger partial charge is 0.360 e. The Labute approximate surface area is 122 Å². The number of likely N-dealkylation sites (tertiary alicyclic amines) is 1. The number of hydrogen-bond donors (Lipinski definition) is 1. The molecule has 1 N–H and O–H groups in total. The third-order valence-corrected chi connectivity index (χ3v) is 4.04. The number of aromatic nitrogens is 1. The third-order valence-electron chi connectivity index (χ3n) is 4.04. The van der Waals surface area contributed by atoms with E-state index in [4.69, 9.17) is 4.52 Å². The fourth-order valence-electron chi connectivity index (χ4n) is 2.64. The fraction of sp³-hybridized carbons (Fsp3) is 0.812. The number of rotatable bonds is 5. The van der Waals surface area contributed by atoms with Crippen molar-refractivity contribution in [2.75, 3.05) is 13.1 Å². The van der Waals surface area contributed by atoms with Crippen LogP contribution < -0.4 is 5.32 Å². The maximum Gasteiger partial charge on any atom is 0.151 e. The average molecular weight is 279 g/mol. The lowest BCUT2D eigenvalue weighted by Crippen LogP contribution is -2.35. The number of nitrogens with zero attached hydrogens (tertiary/aromatic N) is 2. The first-order valence-electron chi connectivity index (χ1n) is 7.75. The zero-order valence-electron chi connectivity index (χ0n) is 13.6. The summed E-state index contributed by atoms with van der Waals surface area (Å²) in [7, 11) is 0. The summed E-state index contributed by atoms with van der Waals surface area (Å²) in [4.78, 5) is 2.48. The maximum absolute atomic E-state index is 5.46. The third kappa shape index (κ3) is 4.60. The molecule has 1 atom stereocenters. The van der Waals surface area contributed by atoms with Crippen molar-refractivity contribution in [1.82, 2.24) is 15.4 Å². The van der Waals surface area contributed by atoms with Crippen LogP contribution in [0, 0.1) is 11.8 Å². The highest BCUT2D eigenvalue weighted by molar-refractivity contribution is 5.06. The SMILES string of the molecule is CC(C)C1CCN(Cc2cc(CNC(C)(C)C)no2)C1. The highest BCUT2D eigenvalue weighted by Gasteiger charge is 2.25. The molecule has 0 bridgehead atoms. The Balaban J connectivity index is 1.81. The van der Waals surface area contributed by atoms with E-state index < -0.39 is 0 Å². The molecule has 0 spiro atoms. The lowest BCUT2D eigenvalue weighted by atomic mass is 9.95. The minimum absolute atomic E-state index is 0.110. The van der Waals surface area contributed by atoms with Gasteiger partial charge in [-0.25, -0.2) is 0 Å². The molecule has 1 saturated heterocycles. The highest BCUT2D eigenvalue weighted by Crippen LogP contribution is 2.24. The molecule has 0 amide bonds. The zero-order chi connectivity index (χ0) is 14.8. The summed E-state index contributed by atoms with van der Waals surface area (Å²) < 4.78 is 5.46. The van der Waals surface area contributed by atoms with E-state index >= 15 is 0 Å². The number of hydrogen-bond acceptors (Lipinski definition) is 4.